The number of hydrogen-bond acceptors (Lipinski definition) is 3. The van der Waals surface area contributed by atoms with Crippen LogP contribution in [0.15, 0.2) is 48.8 Å². The molecule has 0 spiro atoms. The van der Waals surface area contributed by atoms with E-state index in [-0.39, 0.29) is 23.9 Å². The second-order valence-corrected chi connectivity index (χ2v) is 6.88. The number of para-hydroxylation sites is 1. The van der Waals surface area contributed by atoms with Crippen molar-refractivity contribution in [2.45, 2.75) is 26.3 Å². The van der Waals surface area contributed by atoms with Crippen LogP contribution in [0.1, 0.15) is 26.3 Å². The van der Waals surface area contributed by atoms with Gasteiger partial charge in [-0.15, -0.1) is 0 Å². The molecule has 0 fully saturated rings. The summed E-state index contributed by atoms with van der Waals surface area (Å²) in [5.74, 6) is -0.426. The minimum absolute atomic E-state index is 0.0176. The van der Waals surface area contributed by atoms with E-state index in [1.54, 1.807) is 24.0 Å². The van der Waals surface area contributed by atoms with Crippen LogP contribution in [-0.2, 0) is 9.59 Å². The molecule has 0 atom stereocenters. The van der Waals surface area contributed by atoms with Crippen molar-refractivity contribution >= 4 is 17.9 Å². The van der Waals surface area contributed by atoms with Gasteiger partial charge in [0.25, 0.3) is 0 Å². The molecule has 1 aromatic carbocycles. The molecule has 2 rings (SSSR count). The maximum Gasteiger partial charge on any atom is 0.246 e. The Labute approximate surface area is 148 Å². The zero-order chi connectivity index (χ0) is 18.4. The molecule has 1 aromatic heterocycles. The highest BCUT2D eigenvalue weighted by molar-refractivity contribution is 5.94. The van der Waals surface area contributed by atoms with Crippen LogP contribution in [0.4, 0.5) is 0 Å². The van der Waals surface area contributed by atoms with Gasteiger partial charge in [0.2, 0.25) is 11.8 Å². The van der Waals surface area contributed by atoms with Crippen molar-refractivity contribution in [2.24, 2.45) is 0 Å². The number of carbonyl (C=O) groups is 2. The van der Waals surface area contributed by atoms with Gasteiger partial charge in [0, 0.05) is 30.4 Å². The molecule has 0 radical (unpaired) electrons. The number of rotatable bonds is 5. The average Bonchev–Trinajstić information content (AvgIpc) is 3.00. The number of aromatic nitrogens is 2. The quantitative estimate of drug-likeness (QED) is 0.849. The van der Waals surface area contributed by atoms with Crippen LogP contribution in [0.2, 0.25) is 0 Å². The van der Waals surface area contributed by atoms with Crippen LogP contribution in [0.5, 0.6) is 0 Å². The van der Waals surface area contributed by atoms with E-state index in [2.05, 4.69) is 10.4 Å². The van der Waals surface area contributed by atoms with Gasteiger partial charge in [-0.25, -0.2) is 4.68 Å². The van der Waals surface area contributed by atoms with Gasteiger partial charge in [0.05, 0.1) is 18.4 Å². The molecule has 132 valence electrons. The minimum atomic E-state index is -0.317. The Kier molecular flexibility index (Phi) is 5.75. The monoisotopic (exact) mass is 340 g/mol. The number of benzene rings is 1. The van der Waals surface area contributed by atoms with E-state index in [0.29, 0.717) is 0 Å². The fraction of sp³-hybridized carbons (Fsp3) is 0.316. The SMILES string of the molecule is CN(CC(=O)NC(C)(C)C)C(=O)/C=C/c1cnn(-c2ccccc2)c1. The highest BCUT2D eigenvalue weighted by Crippen LogP contribution is 2.09. The van der Waals surface area contributed by atoms with E-state index < -0.39 is 0 Å². The Hall–Kier alpha value is -2.89. The number of nitrogens with zero attached hydrogens (tertiary/aromatic N) is 3. The predicted molar refractivity (Wildman–Crippen MR) is 98.1 cm³/mol. The van der Waals surface area contributed by atoms with E-state index in [4.69, 9.17) is 0 Å². The summed E-state index contributed by atoms with van der Waals surface area (Å²) in [5.41, 5.74) is 1.44. The molecule has 1 N–H and O–H groups in total. The van der Waals surface area contributed by atoms with Crippen molar-refractivity contribution < 1.29 is 9.59 Å². The Balaban J connectivity index is 1.94. The lowest BCUT2D eigenvalue weighted by Crippen LogP contribution is -2.46. The third kappa shape index (κ3) is 5.91. The zero-order valence-corrected chi connectivity index (χ0v) is 15.1. The first kappa shape index (κ1) is 18.4. The summed E-state index contributed by atoms with van der Waals surface area (Å²) < 4.78 is 1.74. The fourth-order valence-corrected chi connectivity index (χ4v) is 2.19. The molecule has 6 heteroatoms. The van der Waals surface area contributed by atoms with E-state index >= 15 is 0 Å². The van der Waals surface area contributed by atoms with E-state index in [9.17, 15) is 9.59 Å². The van der Waals surface area contributed by atoms with Gasteiger partial charge in [0.15, 0.2) is 0 Å². The lowest BCUT2D eigenvalue weighted by atomic mass is 10.1. The molecular formula is C19H24N4O2. The molecule has 0 saturated carbocycles. The molecule has 6 nitrogen and oxygen atoms in total. The summed E-state index contributed by atoms with van der Waals surface area (Å²) in [4.78, 5) is 25.4. The predicted octanol–water partition coefficient (Wildman–Crippen LogP) is 2.26. The molecule has 0 aliphatic carbocycles. The lowest BCUT2D eigenvalue weighted by molar-refractivity contribution is -0.131. The molecule has 0 saturated heterocycles. The van der Waals surface area contributed by atoms with Crippen molar-refractivity contribution in [1.29, 1.82) is 0 Å². The van der Waals surface area contributed by atoms with Crippen LogP contribution in [0.25, 0.3) is 11.8 Å². The Morgan fingerprint density at radius 2 is 1.92 bits per heavy atom. The van der Waals surface area contributed by atoms with Gasteiger partial charge >= 0.3 is 0 Å². The molecule has 0 bridgehead atoms. The van der Waals surface area contributed by atoms with Gasteiger partial charge < -0.3 is 10.2 Å². The van der Waals surface area contributed by atoms with Gasteiger partial charge in [-0.3, -0.25) is 9.59 Å². The standard InChI is InChI=1S/C19H24N4O2/c1-19(2,3)21-17(24)14-22(4)18(25)11-10-15-12-20-23(13-15)16-8-6-5-7-9-16/h5-13H,14H2,1-4H3,(H,21,24)/b11-10+. The first-order valence-corrected chi connectivity index (χ1v) is 8.09. The van der Waals surface area contributed by atoms with Gasteiger partial charge in [-0.2, -0.15) is 5.10 Å². The van der Waals surface area contributed by atoms with Gasteiger partial charge in [0.1, 0.15) is 0 Å². The highest BCUT2D eigenvalue weighted by atomic mass is 16.2. The average molecular weight is 340 g/mol. The number of likely N-dealkylation sites (N-methyl/N-ethyl adjacent to an activating group) is 1. The normalized spacial score (nSPS) is 11.5. The third-order valence-corrected chi connectivity index (χ3v) is 3.31. The van der Waals surface area contributed by atoms with Crippen LogP contribution < -0.4 is 5.32 Å². The highest BCUT2D eigenvalue weighted by Gasteiger charge is 2.16. The first-order chi connectivity index (χ1) is 11.7. The maximum atomic E-state index is 12.1. The Morgan fingerprint density at radius 1 is 1.24 bits per heavy atom. The van der Waals surface area contributed by atoms with Crippen molar-refractivity contribution in [3.05, 3.63) is 54.4 Å². The number of carbonyl (C=O) groups excluding carboxylic acids is 2. The summed E-state index contributed by atoms with van der Waals surface area (Å²) in [5, 5.41) is 7.10. The number of amides is 2. The number of hydrogen-bond donors (Lipinski definition) is 1. The summed E-state index contributed by atoms with van der Waals surface area (Å²) in [6.45, 7) is 5.72. The first-order valence-electron chi connectivity index (χ1n) is 8.09. The topological polar surface area (TPSA) is 67.2 Å². The van der Waals surface area contributed by atoms with Crippen molar-refractivity contribution in [1.82, 2.24) is 20.0 Å². The summed E-state index contributed by atoms with van der Waals surface area (Å²) >= 11 is 0. The Morgan fingerprint density at radius 3 is 2.56 bits per heavy atom. The van der Waals surface area contributed by atoms with Crippen molar-refractivity contribution in [2.75, 3.05) is 13.6 Å². The summed E-state index contributed by atoms with van der Waals surface area (Å²) in [6, 6.07) is 9.72. The van der Waals surface area contributed by atoms with Crippen molar-refractivity contribution in [3.8, 4) is 5.69 Å². The van der Waals surface area contributed by atoms with Crippen LogP contribution in [-0.4, -0.2) is 45.6 Å². The Bertz CT molecular complexity index is 757. The molecule has 0 aliphatic rings. The molecule has 2 aromatic rings. The van der Waals surface area contributed by atoms with Crippen LogP contribution in [0, 0.1) is 0 Å². The van der Waals surface area contributed by atoms with Gasteiger partial charge in [-0.05, 0) is 39.0 Å². The molecule has 0 aliphatic heterocycles. The third-order valence-electron chi connectivity index (χ3n) is 3.31. The summed E-state index contributed by atoms with van der Waals surface area (Å²) in [7, 11) is 1.60. The van der Waals surface area contributed by atoms with Crippen LogP contribution in [0.3, 0.4) is 0 Å². The lowest BCUT2D eigenvalue weighted by Gasteiger charge is -2.22. The zero-order valence-electron chi connectivity index (χ0n) is 15.1. The molecule has 25 heavy (non-hydrogen) atoms. The summed E-state index contributed by atoms with van der Waals surface area (Å²) in [6.07, 6.45) is 6.65. The fourth-order valence-electron chi connectivity index (χ4n) is 2.19. The minimum Gasteiger partial charge on any atom is -0.350 e. The second-order valence-electron chi connectivity index (χ2n) is 6.88. The second kappa shape index (κ2) is 7.79. The van der Waals surface area contributed by atoms with E-state index in [1.807, 2.05) is 57.3 Å². The maximum absolute atomic E-state index is 12.1. The van der Waals surface area contributed by atoms with Gasteiger partial charge in [-0.1, -0.05) is 18.2 Å². The molecule has 1 heterocycles. The van der Waals surface area contributed by atoms with E-state index in [1.165, 1.54) is 11.0 Å². The largest absolute Gasteiger partial charge is 0.350 e. The molecular weight excluding hydrogens is 316 g/mol. The van der Waals surface area contributed by atoms with Crippen molar-refractivity contribution in [3.63, 3.8) is 0 Å². The van der Waals surface area contributed by atoms with E-state index in [0.717, 1.165) is 11.3 Å². The molecule has 0 unspecified atom stereocenters. The smallest absolute Gasteiger partial charge is 0.246 e. The van der Waals surface area contributed by atoms with Crippen LogP contribution >= 0.6 is 0 Å². The number of nitrogens with one attached hydrogen (secondary N) is 1. The molecule has 2 amide bonds.